The van der Waals surface area contributed by atoms with Gasteiger partial charge in [-0.3, -0.25) is 4.79 Å². The number of hydrogen-bond acceptors (Lipinski definition) is 6. The minimum Gasteiger partial charge on any atom is -0.460 e. The molecule has 0 amide bonds. The van der Waals surface area contributed by atoms with Crippen molar-refractivity contribution < 1.29 is 13.9 Å². The average molecular weight is 340 g/mol. The van der Waals surface area contributed by atoms with Gasteiger partial charge < -0.3 is 9.15 Å². The molecular weight excluding hydrogens is 324 g/mol. The molecule has 1 aromatic heterocycles. The molecule has 0 unspecified atom stereocenters. The molecule has 0 N–H and O–H groups in total. The SMILES string of the molecule is Cc1ccc(-c2nnc(SCC(=O)OCc3ccccc3)o2)cc1. The Bertz CT molecular complexity index is 801. The second-order valence-electron chi connectivity index (χ2n) is 5.17. The van der Waals surface area contributed by atoms with Gasteiger partial charge in [-0.1, -0.05) is 59.8 Å². The Balaban J connectivity index is 1.50. The van der Waals surface area contributed by atoms with Crippen LogP contribution in [0, 0.1) is 6.92 Å². The number of carbonyl (C=O) groups excluding carboxylic acids is 1. The van der Waals surface area contributed by atoms with E-state index in [0.717, 1.165) is 16.7 Å². The fourth-order valence-corrected chi connectivity index (χ4v) is 2.54. The van der Waals surface area contributed by atoms with E-state index >= 15 is 0 Å². The van der Waals surface area contributed by atoms with Crippen LogP contribution in [0.15, 0.2) is 64.2 Å². The average Bonchev–Trinajstić information content (AvgIpc) is 3.09. The molecule has 3 rings (SSSR count). The van der Waals surface area contributed by atoms with E-state index in [0.29, 0.717) is 11.1 Å². The number of ether oxygens (including phenoxy) is 1. The zero-order valence-electron chi connectivity index (χ0n) is 13.1. The first-order valence-corrected chi connectivity index (χ1v) is 8.42. The van der Waals surface area contributed by atoms with Gasteiger partial charge >= 0.3 is 5.97 Å². The third-order valence-electron chi connectivity index (χ3n) is 3.26. The summed E-state index contributed by atoms with van der Waals surface area (Å²) in [4.78, 5) is 11.8. The highest BCUT2D eigenvalue weighted by molar-refractivity contribution is 7.99. The van der Waals surface area contributed by atoms with Crippen molar-refractivity contribution in [3.8, 4) is 11.5 Å². The highest BCUT2D eigenvalue weighted by Crippen LogP contribution is 2.23. The molecule has 0 aliphatic heterocycles. The second kappa shape index (κ2) is 7.79. The number of esters is 1. The lowest BCUT2D eigenvalue weighted by molar-refractivity contribution is -0.141. The zero-order valence-corrected chi connectivity index (χ0v) is 14.0. The van der Waals surface area contributed by atoms with Crippen molar-refractivity contribution in [3.63, 3.8) is 0 Å². The molecule has 0 saturated carbocycles. The highest BCUT2D eigenvalue weighted by atomic mass is 32.2. The molecule has 2 aromatic carbocycles. The number of aryl methyl sites for hydroxylation is 1. The summed E-state index contributed by atoms with van der Waals surface area (Å²) >= 11 is 1.17. The molecule has 0 aliphatic rings. The second-order valence-corrected chi connectivity index (χ2v) is 6.10. The first-order valence-electron chi connectivity index (χ1n) is 7.43. The highest BCUT2D eigenvalue weighted by Gasteiger charge is 2.12. The van der Waals surface area contributed by atoms with E-state index in [2.05, 4.69) is 10.2 Å². The van der Waals surface area contributed by atoms with Crippen LogP contribution in [0.3, 0.4) is 0 Å². The first kappa shape index (κ1) is 16.3. The minimum absolute atomic E-state index is 0.127. The predicted molar refractivity (Wildman–Crippen MR) is 91.4 cm³/mol. The molecule has 5 nitrogen and oxygen atoms in total. The van der Waals surface area contributed by atoms with E-state index < -0.39 is 0 Å². The lowest BCUT2D eigenvalue weighted by Crippen LogP contribution is -2.07. The Kier molecular flexibility index (Phi) is 5.28. The van der Waals surface area contributed by atoms with E-state index in [9.17, 15) is 4.79 Å². The topological polar surface area (TPSA) is 65.2 Å². The van der Waals surface area contributed by atoms with E-state index in [1.807, 2.05) is 61.5 Å². The van der Waals surface area contributed by atoms with Gasteiger partial charge in [-0.2, -0.15) is 0 Å². The number of rotatable bonds is 6. The Morgan fingerprint density at radius 2 is 1.83 bits per heavy atom. The number of carbonyl (C=O) groups is 1. The fraction of sp³-hybridized carbons (Fsp3) is 0.167. The van der Waals surface area contributed by atoms with Crippen LogP contribution in [0.4, 0.5) is 0 Å². The van der Waals surface area contributed by atoms with Crippen molar-refractivity contribution in [2.75, 3.05) is 5.75 Å². The van der Waals surface area contributed by atoms with Gasteiger partial charge in [-0.25, -0.2) is 0 Å². The van der Waals surface area contributed by atoms with Gasteiger partial charge in [-0.15, -0.1) is 10.2 Å². The molecule has 122 valence electrons. The van der Waals surface area contributed by atoms with Crippen LogP contribution in [-0.2, 0) is 16.1 Å². The molecule has 24 heavy (non-hydrogen) atoms. The summed E-state index contributed by atoms with van der Waals surface area (Å²) in [5, 5.41) is 8.29. The van der Waals surface area contributed by atoms with Crippen LogP contribution in [0.1, 0.15) is 11.1 Å². The maximum atomic E-state index is 11.8. The lowest BCUT2D eigenvalue weighted by Gasteiger charge is -2.03. The molecule has 0 bridgehead atoms. The van der Waals surface area contributed by atoms with Crippen molar-refractivity contribution in [2.24, 2.45) is 0 Å². The van der Waals surface area contributed by atoms with Crippen LogP contribution in [0.2, 0.25) is 0 Å². The summed E-state index contributed by atoms with van der Waals surface area (Å²) in [6.07, 6.45) is 0. The monoisotopic (exact) mass is 340 g/mol. The smallest absolute Gasteiger partial charge is 0.316 e. The molecule has 0 saturated heterocycles. The Morgan fingerprint density at radius 1 is 1.08 bits per heavy atom. The summed E-state index contributed by atoms with van der Waals surface area (Å²) in [7, 11) is 0. The van der Waals surface area contributed by atoms with Crippen LogP contribution < -0.4 is 0 Å². The van der Waals surface area contributed by atoms with Gasteiger partial charge in [0.2, 0.25) is 5.89 Å². The summed E-state index contributed by atoms with van der Waals surface area (Å²) in [5.41, 5.74) is 2.97. The van der Waals surface area contributed by atoms with Crippen LogP contribution in [-0.4, -0.2) is 21.9 Å². The van der Waals surface area contributed by atoms with Gasteiger partial charge in [0.25, 0.3) is 5.22 Å². The molecule has 0 fully saturated rings. The maximum absolute atomic E-state index is 11.8. The summed E-state index contributed by atoms with van der Waals surface area (Å²) in [5.74, 6) is 0.247. The zero-order chi connectivity index (χ0) is 16.8. The number of thioether (sulfide) groups is 1. The van der Waals surface area contributed by atoms with Gasteiger partial charge in [0.15, 0.2) is 0 Å². The minimum atomic E-state index is -0.320. The molecule has 3 aromatic rings. The van der Waals surface area contributed by atoms with Crippen molar-refractivity contribution in [1.82, 2.24) is 10.2 Å². The Labute approximate surface area is 144 Å². The molecule has 6 heteroatoms. The molecule has 0 radical (unpaired) electrons. The summed E-state index contributed by atoms with van der Waals surface area (Å²) in [6, 6.07) is 17.4. The van der Waals surface area contributed by atoms with Crippen LogP contribution in [0.25, 0.3) is 11.5 Å². The van der Waals surface area contributed by atoms with Gasteiger partial charge in [-0.05, 0) is 24.6 Å². The van der Waals surface area contributed by atoms with E-state index in [-0.39, 0.29) is 18.3 Å². The van der Waals surface area contributed by atoms with Gasteiger partial charge in [0, 0.05) is 5.56 Å². The lowest BCUT2D eigenvalue weighted by atomic mass is 10.1. The largest absolute Gasteiger partial charge is 0.460 e. The summed E-state index contributed by atoms with van der Waals surface area (Å²) < 4.78 is 10.8. The van der Waals surface area contributed by atoms with Crippen molar-refractivity contribution >= 4 is 17.7 Å². The fourth-order valence-electron chi connectivity index (χ4n) is 1.98. The number of hydrogen-bond donors (Lipinski definition) is 0. The van der Waals surface area contributed by atoms with Crippen LogP contribution >= 0.6 is 11.8 Å². The maximum Gasteiger partial charge on any atom is 0.316 e. The van der Waals surface area contributed by atoms with Gasteiger partial charge in [0.1, 0.15) is 12.4 Å². The first-order chi connectivity index (χ1) is 11.7. The molecule has 0 aliphatic carbocycles. The number of nitrogens with zero attached hydrogens (tertiary/aromatic N) is 2. The van der Waals surface area contributed by atoms with Gasteiger partial charge in [0.05, 0.1) is 0 Å². The van der Waals surface area contributed by atoms with Crippen molar-refractivity contribution in [3.05, 3.63) is 65.7 Å². The Morgan fingerprint density at radius 3 is 2.58 bits per heavy atom. The van der Waals surface area contributed by atoms with E-state index in [1.54, 1.807) is 0 Å². The number of benzene rings is 2. The van der Waals surface area contributed by atoms with E-state index in [1.165, 1.54) is 11.8 Å². The molecule has 0 atom stereocenters. The summed E-state index contributed by atoms with van der Waals surface area (Å²) in [6.45, 7) is 2.28. The normalized spacial score (nSPS) is 10.5. The van der Waals surface area contributed by atoms with Crippen molar-refractivity contribution in [2.45, 2.75) is 18.8 Å². The van der Waals surface area contributed by atoms with Crippen LogP contribution in [0.5, 0.6) is 0 Å². The molecule has 1 heterocycles. The molecular formula is C18H16N2O3S. The third kappa shape index (κ3) is 4.45. The quantitative estimate of drug-likeness (QED) is 0.501. The Hall–Kier alpha value is -2.60. The third-order valence-corrected chi connectivity index (χ3v) is 4.05. The van der Waals surface area contributed by atoms with Crippen molar-refractivity contribution in [1.29, 1.82) is 0 Å². The standard InChI is InChI=1S/C18H16N2O3S/c1-13-7-9-15(10-8-13)17-19-20-18(23-17)24-12-16(21)22-11-14-5-3-2-4-6-14/h2-10H,11-12H2,1H3. The van der Waals surface area contributed by atoms with E-state index in [4.69, 9.17) is 9.15 Å². The number of aromatic nitrogens is 2. The molecule has 0 spiro atoms. The predicted octanol–water partition coefficient (Wildman–Crippen LogP) is 3.88.